The maximum Gasteiger partial charge on any atom is 0.163 e. The fourth-order valence-electron chi connectivity index (χ4n) is 14.3. The Morgan fingerprint density at radius 1 is 0.282 bits per heavy atom. The fraction of sp³-hybridized carbons (Fsp3) is 0.0385. The predicted molar refractivity (Wildman–Crippen MR) is 350 cm³/mol. The van der Waals surface area contributed by atoms with Crippen LogP contribution in [-0.4, -0.2) is 33.2 Å². The number of aryl methyl sites for hydroxylation is 1. The highest BCUT2D eigenvalue weighted by molar-refractivity contribution is 6.15. The van der Waals surface area contributed by atoms with Crippen LogP contribution in [0.3, 0.4) is 0 Å². The number of hydrogen-bond donors (Lipinski definition) is 0. The van der Waals surface area contributed by atoms with Crippen molar-refractivity contribution in [1.82, 2.24) is 33.2 Å². The van der Waals surface area contributed by atoms with Gasteiger partial charge in [0.25, 0.3) is 0 Å². The molecular formula is C78H51N7. The smallest absolute Gasteiger partial charge is 0.163 e. The van der Waals surface area contributed by atoms with E-state index in [4.69, 9.17) is 15.0 Å². The number of benzene rings is 12. The zero-order chi connectivity index (χ0) is 55.7. The average molecular weight is 1090 g/mol. The zero-order valence-corrected chi connectivity index (χ0v) is 46.2. The summed E-state index contributed by atoms with van der Waals surface area (Å²) in [7, 11) is 0. The molecule has 17 aromatic rings. The molecule has 5 aromatic heterocycles. The largest absolute Gasteiger partial charge is 0.309 e. The van der Waals surface area contributed by atoms with Crippen molar-refractivity contribution in [3.05, 3.63) is 296 Å². The summed E-state index contributed by atoms with van der Waals surface area (Å²) in [5, 5.41) is 9.85. The molecule has 1 aliphatic rings. The molecule has 0 fully saturated rings. The van der Waals surface area contributed by atoms with Gasteiger partial charge >= 0.3 is 0 Å². The lowest BCUT2D eigenvalue weighted by atomic mass is 9.90. The lowest BCUT2D eigenvalue weighted by Crippen LogP contribution is -2.10. The van der Waals surface area contributed by atoms with Crippen molar-refractivity contribution in [2.45, 2.75) is 18.8 Å². The quantitative estimate of drug-likeness (QED) is 0.160. The first-order valence-corrected chi connectivity index (χ1v) is 29.4. The standard InChI is InChI=1S/C78H51N7/c1-3-19-49(20-4-1)76-79-77(50-21-5-2-6-22-50)81-78(80-76)65-44-43-63-57(55-23-7-8-24-56(55)65)41-42-64-62-29-13-18-34-72(62)85(75(63)64)52-37-35-51(36-38-52)82-73-45-39-53(83-68-30-14-9-25-58(68)59-26-10-15-31-69(59)83)47-66(73)67-48-54(40-46-74(67)82)84-70-32-16-11-27-60(70)61-28-12-17-33-71(61)84/h1-42,45-48,65H,43-44H2. The molecule has 7 nitrogen and oxygen atoms in total. The van der Waals surface area contributed by atoms with Crippen LogP contribution in [0.4, 0.5) is 0 Å². The van der Waals surface area contributed by atoms with Crippen molar-refractivity contribution in [2.75, 3.05) is 0 Å². The van der Waals surface area contributed by atoms with Crippen molar-refractivity contribution >= 4 is 87.2 Å². The predicted octanol–water partition coefficient (Wildman–Crippen LogP) is 19.3. The molecule has 18 rings (SSSR count). The fourth-order valence-corrected chi connectivity index (χ4v) is 14.3. The van der Waals surface area contributed by atoms with Crippen LogP contribution in [-0.2, 0) is 6.42 Å². The zero-order valence-electron chi connectivity index (χ0n) is 46.2. The van der Waals surface area contributed by atoms with Gasteiger partial charge in [-0.15, -0.1) is 0 Å². The summed E-state index contributed by atoms with van der Waals surface area (Å²) >= 11 is 0. The van der Waals surface area contributed by atoms with Gasteiger partial charge in [-0.25, -0.2) is 15.0 Å². The van der Waals surface area contributed by atoms with E-state index in [1.165, 1.54) is 98.4 Å². The number of para-hydroxylation sites is 5. The lowest BCUT2D eigenvalue weighted by Gasteiger charge is -2.18. The van der Waals surface area contributed by atoms with Crippen molar-refractivity contribution < 1.29 is 0 Å². The molecule has 0 radical (unpaired) electrons. The SMILES string of the molecule is c1ccc(-c2nc(-c3ccccc3)nc(C3CCc4c(ccc5c6ccccc6n(-c6ccc(-n7c8ccc(-n9c%10ccccc%10c%10ccccc%109)cc8c8cc(-n9c%10ccccc%10c%10ccccc%109)ccc87)cc6)c45)-c4ccccc43)n2)cc1. The van der Waals surface area contributed by atoms with E-state index in [1.807, 2.05) is 36.4 Å². The van der Waals surface area contributed by atoms with Gasteiger partial charge in [-0.05, 0) is 126 Å². The molecule has 0 N–H and O–H groups in total. The molecule has 1 unspecified atom stereocenters. The highest BCUT2D eigenvalue weighted by atomic mass is 15.0. The highest BCUT2D eigenvalue weighted by Crippen LogP contribution is 2.47. The van der Waals surface area contributed by atoms with Gasteiger partial charge in [-0.3, -0.25) is 0 Å². The molecule has 5 heterocycles. The minimum Gasteiger partial charge on any atom is -0.309 e. The first-order chi connectivity index (χ1) is 42.2. The minimum atomic E-state index is -0.0778. The topological polar surface area (TPSA) is 58.4 Å². The number of aromatic nitrogens is 7. The lowest BCUT2D eigenvalue weighted by molar-refractivity contribution is 0.677. The van der Waals surface area contributed by atoms with Gasteiger partial charge < -0.3 is 18.3 Å². The molecular weight excluding hydrogens is 1030 g/mol. The number of fused-ring (bicyclic) bond motifs is 16. The van der Waals surface area contributed by atoms with Crippen LogP contribution in [0, 0.1) is 0 Å². The summed E-state index contributed by atoms with van der Waals surface area (Å²) in [6.07, 6.45) is 1.64. The van der Waals surface area contributed by atoms with Crippen LogP contribution in [0.1, 0.15) is 29.3 Å². The van der Waals surface area contributed by atoms with Crippen molar-refractivity contribution in [2.24, 2.45) is 0 Å². The van der Waals surface area contributed by atoms with Crippen LogP contribution in [0.2, 0.25) is 0 Å². The van der Waals surface area contributed by atoms with E-state index in [9.17, 15) is 0 Å². The van der Waals surface area contributed by atoms with Crippen LogP contribution in [0.5, 0.6) is 0 Å². The molecule has 398 valence electrons. The van der Waals surface area contributed by atoms with Gasteiger partial charge in [-0.2, -0.15) is 0 Å². The van der Waals surface area contributed by atoms with Crippen LogP contribution < -0.4 is 0 Å². The van der Waals surface area contributed by atoms with Crippen LogP contribution in [0.15, 0.2) is 279 Å². The molecule has 0 spiro atoms. The van der Waals surface area contributed by atoms with Crippen LogP contribution >= 0.6 is 0 Å². The van der Waals surface area contributed by atoms with E-state index in [0.717, 1.165) is 63.6 Å². The molecule has 1 aliphatic carbocycles. The van der Waals surface area contributed by atoms with Gasteiger partial charge in [-0.1, -0.05) is 188 Å². The molecule has 0 saturated carbocycles. The number of rotatable bonds is 7. The first kappa shape index (κ1) is 47.5. The third-order valence-electron chi connectivity index (χ3n) is 18.1. The van der Waals surface area contributed by atoms with Gasteiger partial charge in [0.2, 0.25) is 0 Å². The number of hydrogen-bond acceptors (Lipinski definition) is 3. The summed E-state index contributed by atoms with van der Waals surface area (Å²) in [6.45, 7) is 0. The molecule has 0 saturated heterocycles. The summed E-state index contributed by atoms with van der Waals surface area (Å²) in [6, 6.07) is 102. The molecule has 1 atom stereocenters. The van der Waals surface area contributed by atoms with Crippen molar-refractivity contribution in [3.63, 3.8) is 0 Å². The third-order valence-corrected chi connectivity index (χ3v) is 18.1. The molecule has 0 bridgehead atoms. The Bertz CT molecular complexity index is 5210. The third kappa shape index (κ3) is 7.23. The molecule has 0 amide bonds. The van der Waals surface area contributed by atoms with E-state index < -0.39 is 0 Å². The van der Waals surface area contributed by atoms with E-state index >= 15 is 0 Å². The van der Waals surface area contributed by atoms with E-state index in [2.05, 4.69) is 261 Å². The average Bonchev–Trinajstić information content (AvgIpc) is 2.98. The minimum absolute atomic E-state index is 0.0778. The van der Waals surface area contributed by atoms with Gasteiger partial charge in [0, 0.05) is 82.9 Å². The Balaban J connectivity index is 0.804. The molecule has 7 heteroatoms. The Labute approximate surface area is 489 Å². The molecule has 0 aliphatic heterocycles. The van der Waals surface area contributed by atoms with Crippen molar-refractivity contribution in [3.8, 4) is 56.7 Å². The Morgan fingerprint density at radius 3 is 1.18 bits per heavy atom. The van der Waals surface area contributed by atoms with E-state index in [0.29, 0.717) is 11.6 Å². The molecule has 12 aromatic carbocycles. The first-order valence-electron chi connectivity index (χ1n) is 29.4. The maximum absolute atomic E-state index is 5.33. The van der Waals surface area contributed by atoms with E-state index in [1.54, 1.807) is 0 Å². The normalized spacial score (nSPS) is 13.4. The second kappa shape index (κ2) is 18.7. The summed E-state index contributed by atoms with van der Waals surface area (Å²) in [5.41, 5.74) is 20.9. The van der Waals surface area contributed by atoms with Gasteiger partial charge in [0.1, 0.15) is 5.82 Å². The second-order valence-corrected chi connectivity index (χ2v) is 22.6. The monoisotopic (exact) mass is 1090 g/mol. The van der Waals surface area contributed by atoms with Crippen molar-refractivity contribution in [1.29, 1.82) is 0 Å². The summed E-state index contributed by atoms with van der Waals surface area (Å²) < 4.78 is 9.84. The number of nitrogens with zero attached hydrogens (tertiary/aromatic N) is 7. The second-order valence-electron chi connectivity index (χ2n) is 22.6. The Hall–Kier alpha value is -11.2. The van der Waals surface area contributed by atoms with E-state index in [-0.39, 0.29) is 5.92 Å². The highest BCUT2D eigenvalue weighted by Gasteiger charge is 2.30. The van der Waals surface area contributed by atoms with Crippen LogP contribution in [0.25, 0.3) is 144 Å². The maximum atomic E-state index is 5.33. The summed E-state index contributed by atoms with van der Waals surface area (Å²) in [5.74, 6) is 2.08. The van der Waals surface area contributed by atoms with Gasteiger partial charge in [0.05, 0.1) is 44.1 Å². The molecule has 85 heavy (non-hydrogen) atoms. The Morgan fingerprint density at radius 2 is 0.671 bits per heavy atom. The van der Waals surface area contributed by atoms with Gasteiger partial charge in [0.15, 0.2) is 11.6 Å². The Kier molecular flexibility index (Phi) is 10.4. The summed E-state index contributed by atoms with van der Waals surface area (Å²) in [4.78, 5) is 15.7.